The van der Waals surface area contributed by atoms with Crippen molar-refractivity contribution < 1.29 is 5.11 Å². The third-order valence-corrected chi connectivity index (χ3v) is 3.04. The first-order valence-corrected chi connectivity index (χ1v) is 7.42. The van der Waals surface area contributed by atoms with Gasteiger partial charge in [-0.25, -0.2) is 0 Å². The molecule has 0 fully saturated rings. The molecule has 0 aliphatic carbocycles. The van der Waals surface area contributed by atoms with Gasteiger partial charge in [-0.3, -0.25) is 0 Å². The van der Waals surface area contributed by atoms with Gasteiger partial charge in [-0.05, 0) is 39.0 Å². The SMILES string of the molecule is CCCCCCC=CCCC=CCC(O)C(C)N. The summed E-state index contributed by atoms with van der Waals surface area (Å²) in [7, 11) is 0. The van der Waals surface area contributed by atoms with E-state index < -0.39 is 6.10 Å². The van der Waals surface area contributed by atoms with E-state index in [0.717, 1.165) is 12.8 Å². The molecule has 0 amide bonds. The fraction of sp³-hybridized carbons (Fsp3) is 0.750. The number of hydrogen-bond acceptors (Lipinski definition) is 2. The number of aliphatic hydroxyl groups excluding tert-OH is 1. The predicted molar refractivity (Wildman–Crippen MR) is 80.5 cm³/mol. The molecule has 0 saturated heterocycles. The topological polar surface area (TPSA) is 46.2 Å². The largest absolute Gasteiger partial charge is 0.391 e. The molecular weight excluding hydrogens is 222 g/mol. The zero-order valence-electron chi connectivity index (χ0n) is 12.1. The first kappa shape index (κ1) is 17.4. The molecule has 0 spiro atoms. The summed E-state index contributed by atoms with van der Waals surface area (Å²) < 4.78 is 0. The van der Waals surface area contributed by atoms with Gasteiger partial charge >= 0.3 is 0 Å². The quantitative estimate of drug-likeness (QED) is 0.432. The Hall–Kier alpha value is -0.600. The third-order valence-electron chi connectivity index (χ3n) is 3.04. The zero-order chi connectivity index (χ0) is 13.6. The Bertz CT molecular complexity index is 221. The van der Waals surface area contributed by atoms with Gasteiger partial charge in [0, 0.05) is 6.04 Å². The van der Waals surface area contributed by atoms with Crippen molar-refractivity contribution in [3.05, 3.63) is 24.3 Å². The molecule has 0 saturated carbocycles. The molecule has 0 aromatic heterocycles. The van der Waals surface area contributed by atoms with Crippen LogP contribution < -0.4 is 5.73 Å². The van der Waals surface area contributed by atoms with Crippen molar-refractivity contribution in [2.24, 2.45) is 5.73 Å². The van der Waals surface area contributed by atoms with Crippen molar-refractivity contribution in [3.63, 3.8) is 0 Å². The van der Waals surface area contributed by atoms with E-state index in [2.05, 4.69) is 25.2 Å². The molecule has 0 bridgehead atoms. The van der Waals surface area contributed by atoms with Gasteiger partial charge in [0.25, 0.3) is 0 Å². The van der Waals surface area contributed by atoms with Gasteiger partial charge in [-0.15, -0.1) is 0 Å². The molecule has 0 radical (unpaired) electrons. The summed E-state index contributed by atoms with van der Waals surface area (Å²) in [6.07, 6.45) is 17.7. The van der Waals surface area contributed by atoms with Gasteiger partial charge in [-0.1, -0.05) is 50.5 Å². The number of aliphatic hydroxyl groups is 1. The van der Waals surface area contributed by atoms with Crippen LogP contribution >= 0.6 is 0 Å². The van der Waals surface area contributed by atoms with Crippen LogP contribution in [0.15, 0.2) is 24.3 Å². The summed E-state index contributed by atoms with van der Waals surface area (Å²) in [6, 6.07) is -0.141. The molecule has 2 unspecified atom stereocenters. The number of hydrogen-bond donors (Lipinski definition) is 2. The zero-order valence-corrected chi connectivity index (χ0v) is 12.1. The molecule has 0 rings (SSSR count). The van der Waals surface area contributed by atoms with Crippen molar-refractivity contribution >= 4 is 0 Å². The molecule has 0 aromatic rings. The Morgan fingerprint density at radius 1 is 0.944 bits per heavy atom. The minimum absolute atomic E-state index is 0.141. The summed E-state index contributed by atoms with van der Waals surface area (Å²) in [5.41, 5.74) is 5.57. The number of unbranched alkanes of at least 4 members (excludes halogenated alkanes) is 5. The first-order chi connectivity index (χ1) is 8.68. The summed E-state index contributed by atoms with van der Waals surface area (Å²) >= 11 is 0. The summed E-state index contributed by atoms with van der Waals surface area (Å²) in [5, 5.41) is 9.48. The number of rotatable bonds is 11. The molecule has 2 atom stereocenters. The molecule has 106 valence electrons. The molecule has 2 heteroatoms. The Kier molecular flexibility index (Phi) is 12.4. The lowest BCUT2D eigenvalue weighted by atomic mass is 10.1. The average molecular weight is 253 g/mol. The monoisotopic (exact) mass is 253 g/mol. The fourth-order valence-electron chi connectivity index (χ4n) is 1.69. The van der Waals surface area contributed by atoms with Crippen molar-refractivity contribution in [3.8, 4) is 0 Å². The second-order valence-electron chi connectivity index (χ2n) is 5.03. The van der Waals surface area contributed by atoms with Gasteiger partial charge in [-0.2, -0.15) is 0 Å². The first-order valence-electron chi connectivity index (χ1n) is 7.42. The highest BCUT2D eigenvalue weighted by atomic mass is 16.3. The maximum atomic E-state index is 9.48. The van der Waals surface area contributed by atoms with Crippen LogP contribution in [0.4, 0.5) is 0 Å². The summed E-state index contributed by atoms with van der Waals surface area (Å²) in [5.74, 6) is 0. The second kappa shape index (κ2) is 12.8. The minimum Gasteiger partial charge on any atom is -0.391 e. The minimum atomic E-state index is -0.407. The van der Waals surface area contributed by atoms with Crippen LogP contribution in [0.25, 0.3) is 0 Å². The van der Waals surface area contributed by atoms with E-state index in [1.165, 1.54) is 32.1 Å². The molecule has 2 nitrogen and oxygen atoms in total. The molecule has 18 heavy (non-hydrogen) atoms. The summed E-state index contributed by atoms with van der Waals surface area (Å²) in [6.45, 7) is 4.07. The molecule has 0 aliphatic heterocycles. The van der Waals surface area contributed by atoms with Crippen LogP contribution in [0.1, 0.15) is 65.2 Å². The maximum Gasteiger partial charge on any atom is 0.0722 e. The van der Waals surface area contributed by atoms with Gasteiger partial charge in [0.15, 0.2) is 0 Å². The van der Waals surface area contributed by atoms with Crippen LogP contribution in [0.3, 0.4) is 0 Å². The Labute approximate surface area is 113 Å². The van der Waals surface area contributed by atoms with Gasteiger partial charge in [0.2, 0.25) is 0 Å². The average Bonchev–Trinajstić information content (AvgIpc) is 2.35. The third kappa shape index (κ3) is 11.9. The summed E-state index contributed by atoms with van der Waals surface area (Å²) in [4.78, 5) is 0. The second-order valence-corrected chi connectivity index (χ2v) is 5.03. The van der Waals surface area contributed by atoms with Crippen LogP contribution in [-0.4, -0.2) is 17.3 Å². The van der Waals surface area contributed by atoms with E-state index in [-0.39, 0.29) is 6.04 Å². The highest BCUT2D eigenvalue weighted by Crippen LogP contribution is 2.04. The lowest BCUT2D eigenvalue weighted by molar-refractivity contribution is 0.154. The molecule has 0 aromatic carbocycles. The standard InChI is InChI=1S/C16H31NO/c1-3-4-5-6-7-8-9-10-11-12-13-14-16(18)15(2)17/h8-9,12-13,15-16,18H,3-7,10-11,14,17H2,1-2H3. The normalized spacial score (nSPS) is 15.6. The number of nitrogens with two attached hydrogens (primary N) is 1. The highest BCUT2D eigenvalue weighted by molar-refractivity contribution is 4.90. The Balaban J connectivity index is 3.33. The van der Waals surface area contributed by atoms with Gasteiger partial charge < -0.3 is 10.8 Å². The molecule has 0 aliphatic rings. The van der Waals surface area contributed by atoms with E-state index in [1.807, 2.05) is 13.0 Å². The number of allylic oxidation sites excluding steroid dienone is 3. The van der Waals surface area contributed by atoms with Crippen molar-refractivity contribution in [2.45, 2.75) is 77.4 Å². The smallest absolute Gasteiger partial charge is 0.0722 e. The van der Waals surface area contributed by atoms with Crippen LogP contribution in [0.2, 0.25) is 0 Å². The molecule has 0 heterocycles. The van der Waals surface area contributed by atoms with Crippen molar-refractivity contribution in [1.29, 1.82) is 0 Å². The fourth-order valence-corrected chi connectivity index (χ4v) is 1.69. The Morgan fingerprint density at radius 2 is 1.56 bits per heavy atom. The molecular formula is C16H31NO. The van der Waals surface area contributed by atoms with E-state index in [9.17, 15) is 5.11 Å². The highest BCUT2D eigenvalue weighted by Gasteiger charge is 2.05. The van der Waals surface area contributed by atoms with Crippen LogP contribution in [0.5, 0.6) is 0 Å². The van der Waals surface area contributed by atoms with Crippen LogP contribution in [0, 0.1) is 0 Å². The van der Waals surface area contributed by atoms with Gasteiger partial charge in [0.1, 0.15) is 0 Å². The van der Waals surface area contributed by atoms with Crippen molar-refractivity contribution in [2.75, 3.05) is 0 Å². The van der Waals surface area contributed by atoms with E-state index in [4.69, 9.17) is 5.73 Å². The molecule has 3 N–H and O–H groups in total. The lowest BCUT2D eigenvalue weighted by Gasteiger charge is -2.10. The lowest BCUT2D eigenvalue weighted by Crippen LogP contribution is -2.30. The predicted octanol–water partition coefficient (Wildman–Crippen LogP) is 3.95. The van der Waals surface area contributed by atoms with E-state index >= 15 is 0 Å². The van der Waals surface area contributed by atoms with E-state index in [1.54, 1.807) is 0 Å². The Morgan fingerprint density at radius 3 is 2.17 bits per heavy atom. The van der Waals surface area contributed by atoms with Crippen molar-refractivity contribution in [1.82, 2.24) is 0 Å². The maximum absolute atomic E-state index is 9.48. The van der Waals surface area contributed by atoms with E-state index in [0.29, 0.717) is 6.42 Å². The van der Waals surface area contributed by atoms with Crippen LogP contribution in [-0.2, 0) is 0 Å². The van der Waals surface area contributed by atoms with Gasteiger partial charge in [0.05, 0.1) is 6.10 Å².